The van der Waals surface area contributed by atoms with Gasteiger partial charge in [-0.05, 0) is 6.08 Å². The molecule has 0 aliphatic carbocycles. The molecule has 0 spiro atoms. The second kappa shape index (κ2) is 1.73. The molecule has 1 nitrogen and oxygen atoms in total. The standard InChI is InChI=1S/C6H7N/c1-2-3-6-4-5-7-6/h2,4-5H,1,3H2. The summed E-state index contributed by atoms with van der Waals surface area (Å²) in [5, 5.41) is 0. The van der Waals surface area contributed by atoms with E-state index in [1.54, 1.807) is 6.20 Å². The van der Waals surface area contributed by atoms with Gasteiger partial charge >= 0.3 is 0 Å². The molecule has 0 aromatic rings. The van der Waals surface area contributed by atoms with E-state index in [0.29, 0.717) is 0 Å². The van der Waals surface area contributed by atoms with Crippen molar-refractivity contribution in [3.05, 3.63) is 24.9 Å². The summed E-state index contributed by atoms with van der Waals surface area (Å²) >= 11 is 0. The van der Waals surface area contributed by atoms with Crippen molar-refractivity contribution in [3.63, 3.8) is 0 Å². The van der Waals surface area contributed by atoms with Crippen molar-refractivity contribution in [2.45, 2.75) is 6.42 Å². The van der Waals surface area contributed by atoms with Gasteiger partial charge in [-0.15, -0.1) is 6.58 Å². The highest BCUT2D eigenvalue weighted by atomic mass is 14.7. The molecule has 0 aromatic heterocycles. The molecule has 0 amide bonds. The van der Waals surface area contributed by atoms with Gasteiger partial charge in [-0.2, -0.15) is 0 Å². The number of allylic oxidation sites excluding steroid dienone is 2. The van der Waals surface area contributed by atoms with Crippen LogP contribution in [0, 0.1) is 0 Å². The first-order valence-corrected chi connectivity index (χ1v) is 2.27. The lowest BCUT2D eigenvalue weighted by molar-refractivity contribution is 1.37. The summed E-state index contributed by atoms with van der Waals surface area (Å²) in [7, 11) is 0. The van der Waals surface area contributed by atoms with Crippen LogP contribution in [0.5, 0.6) is 0 Å². The summed E-state index contributed by atoms with van der Waals surface area (Å²) < 4.78 is 0. The number of hydrogen-bond donors (Lipinski definition) is 0. The fourth-order valence-corrected chi connectivity index (χ4v) is 0.449. The second-order valence-electron chi connectivity index (χ2n) is 1.43. The van der Waals surface area contributed by atoms with Crippen LogP contribution in [-0.2, 0) is 0 Å². The van der Waals surface area contributed by atoms with E-state index in [1.807, 2.05) is 12.2 Å². The maximum atomic E-state index is 3.92. The molecule has 0 aromatic carbocycles. The zero-order valence-electron chi connectivity index (χ0n) is 4.09. The molecule has 0 fully saturated rings. The molecule has 1 heterocycles. The van der Waals surface area contributed by atoms with E-state index >= 15 is 0 Å². The molecule has 1 aliphatic heterocycles. The topological polar surface area (TPSA) is 12.4 Å². The Morgan fingerprint density at radius 3 is 2.71 bits per heavy atom. The van der Waals surface area contributed by atoms with Gasteiger partial charge in [0.2, 0.25) is 0 Å². The minimum absolute atomic E-state index is 0.913. The predicted octanol–water partition coefficient (Wildman–Crippen LogP) is 1.53. The first kappa shape index (κ1) is 4.31. The molecule has 0 N–H and O–H groups in total. The Kier molecular flexibility index (Phi) is 1.07. The van der Waals surface area contributed by atoms with Crippen molar-refractivity contribution in [1.82, 2.24) is 0 Å². The smallest absolute Gasteiger partial charge is 0.0456 e. The molecule has 0 atom stereocenters. The molecule has 7 heavy (non-hydrogen) atoms. The van der Waals surface area contributed by atoms with Crippen molar-refractivity contribution in [1.29, 1.82) is 0 Å². The van der Waals surface area contributed by atoms with Gasteiger partial charge in [-0.25, -0.2) is 0 Å². The summed E-state index contributed by atoms with van der Waals surface area (Å²) in [4.78, 5) is 3.92. The lowest BCUT2D eigenvalue weighted by atomic mass is 10.2. The maximum absolute atomic E-state index is 3.92. The molecule has 36 valence electrons. The first-order valence-electron chi connectivity index (χ1n) is 2.27. The Labute approximate surface area is 43.1 Å². The van der Waals surface area contributed by atoms with Crippen molar-refractivity contribution >= 4 is 5.71 Å². The van der Waals surface area contributed by atoms with Crippen LogP contribution >= 0.6 is 0 Å². The van der Waals surface area contributed by atoms with E-state index in [0.717, 1.165) is 12.1 Å². The largest absolute Gasteiger partial charge is 0.261 e. The Hall–Kier alpha value is -0.850. The van der Waals surface area contributed by atoms with Crippen LogP contribution in [0.4, 0.5) is 0 Å². The van der Waals surface area contributed by atoms with Crippen LogP contribution in [-0.4, -0.2) is 5.71 Å². The van der Waals surface area contributed by atoms with Gasteiger partial charge in [0, 0.05) is 18.3 Å². The highest BCUT2D eigenvalue weighted by Gasteiger charge is 1.93. The van der Waals surface area contributed by atoms with Crippen molar-refractivity contribution in [2.75, 3.05) is 0 Å². The summed E-state index contributed by atoms with van der Waals surface area (Å²) in [5.74, 6) is 0. The predicted molar refractivity (Wildman–Crippen MR) is 31.4 cm³/mol. The van der Waals surface area contributed by atoms with Crippen LogP contribution in [0.1, 0.15) is 6.42 Å². The fourth-order valence-electron chi connectivity index (χ4n) is 0.449. The summed E-state index contributed by atoms with van der Waals surface area (Å²) in [6, 6.07) is 0. The summed E-state index contributed by atoms with van der Waals surface area (Å²) in [6.45, 7) is 3.57. The van der Waals surface area contributed by atoms with Crippen LogP contribution in [0.25, 0.3) is 0 Å². The summed E-state index contributed by atoms with van der Waals surface area (Å²) in [5.41, 5.74) is 1.13. The van der Waals surface area contributed by atoms with Crippen molar-refractivity contribution in [2.24, 2.45) is 4.99 Å². The molecule has 1 aliphatic rings. The molecular weight excluding hydrogens is 86.1 g/mol. The molecular formula is C6H7N. The van der Waals surface area contributed by atoms with Gasteiger partial charge in [0.05, 0.1) is 0 Å². The van der Waals surface area contributed by atoms with Crippen molar-refractivity contribution < 1.29 is 0 Å². The first-order chi connectivity index (χ1) is 3.43. The van der Waals surface area contributed by atoms with Gasteiger partial charge in [-0.3, -0.25) is 4.99 Å². The monoisotopic (exact) mass is 93.1 g/mol. The third kappa shape index (κ3) is 0.769. The molecule has 0 saturated heterocycles. The number of nitrogens with zero attached hydrogens (tertiary/aromatic N) is 1. The highest BCUT2D eigenvalue weighted by Crippen LogP contribution is 1.99. The third-order valence-electron chi connectivity index (χ3n) is 0.861. The van der Waals surface area contributed by atoms with E-state index < -0.39 is 0 Å². The Morgan fingerprint density at radius 2 is 2.57 bits per heavy atom. The van der Waals surface area contributed by atoms with Crippen LogP contribution in [0.15, 0.2) is 29.9 Å². The van der Waals surface area contributed by atoms with Crippen LogP contribution < -0.4 is 0 Å². The van der Waals surface area contributed by atoms with Crippen molar-refractivity contribution in [3.8, 4) is 0 Å². The Bertz CT molecular complexity index is 131. The zero-order valence-corrected chi connectivity index (χ0v) is 4.09. The minimum atomic E-state index is 0.913. The SMILES string of the molecule is C=CCC1=NC=C1. The molecule has 0 radical (unpaired) electrons. The molecule has 1 heteroatoms. The van der Waals surface area contributed by atoms with Gasteiger partial charge in [-0.1, -0.05) is 6.08 Å². The molecule has 0 saturated carbocycles. The van der Waals surface area contributed by atoms with E-state index in [9.17, 15) is 0 Å². The third-order valence-corrected chi connectivity index (χ3v) is 0.861. The van der Waals surface area contributed by atoms with Crippen LogP contribution in [0.3, 0.4) is 0 Å². The normalized spacial score (nSPS) is 15.1. The lowest BCUT2D eigenvalue weighted by Gasteiger charge is -1.98. The second-order valence-corrected chi connectivity index (χ2v) is 1.43. The molecule has 1 rings (SSSR count). The minimum Gasteiger partial charge on any atom is -0.261 e. The Balaban J connectivity index is 2.29. The highest BCUT2D eigenvalue weighted by molar-refractivity contribution is 6.00. The van der Waals surface area contributed by atoms with E-state index in [-0.39, 0.29) is 0 Å². The van der Waals surface area contributed by atoms with E-state index in [1.165, 1.54) is 0 Å². The average molecular weight is 93.1 g/mol. The quantitative estimate of drug-likeness (QED) is 0.459. The number of hydrogen-bond acceptors (Lipinski definition) is 1. The molecule has 0 bridgehead atoms. The van der Waals surface area contributed by atoms with Gasteiger partial charge in [0.25, 0.3) is 0 Å². The average Bonchev–Trinajstić information content (AvgIpc) is 1.55. The van der Waals surface area contributed by atoms with E-state index in [2.05, 4.69) is 11.6 Å². The fraction of sp³-hybridized carbons (Fsp3) is 0.167. The summed E-state index contributed by atoms with van der Waals surface area (Å²) in [6.07, 6.45) is 6.54. The van der Waals surface area contributed by atoms with Gasteiger partial charge < -0.3 is 0 Å². The Morgan fingerprint density at radius 1 is 1.86 bits per heavy atom. The zero-order chi connectivity index (χ0) is 5.11. The lowest BCUT2D eigenvalue weighted by Crippen LogP contribution is -1.95. The molecule has 0 unspecified atom stereocenters. The maximum Gasteiger partial charge on any atom is 0.0456 e. The number of rotatable bonds is 2. The van der Waals surface area contributed by atoms with Crippen LogP contribution in [0.2, 0.25) is 0 Å². The van der Waals surface area contributed by atoms with E-state index in [4.69, 9.17) is 0 Å². The number of aliphatic imine (C=N–C) groups is 1. The van der Waals surface area contributed by atoms with Gasteiger partial charge in [0.1, 0.15) is 0 Å². The van der Waals surface area contributed by atoms with Gasteiger partial charge in [0.15, 0.2) is 0 Å².